The molecule has 0 radical (unpaired) electrons. The highest BCUT2D eigenvalue weighted by molar-refractivity contribution is 7.98. The largest absolute Gasteiger partial charge is 0.381 e. The molecule has 0 aromatic carbocycles. The van der Waals surface area contributed by atoms with Crippen molar-refractivity contribution in [3.05, 3.63) is 11.8 Å². The van der Waals surface area contributed by atoms with Crippen molar-refractivity contribution in [2.24, 2.45) is 0 Å². The van der Waals surface area contributed by atoms with Gasteiger partial charge < -0.3 is 9.64 Å². The fourth-order valence-corrected chi connectivity index (χ4v) is 2.38. The number of nitriles is 1. The highest BCUT2D eigenvalue weighted by Crippen LogP contribution is 2.24. The number of nitrogens with zero attached hydrogens (tertiary/aromatic N) is 4. The van der Waals surface area contributed by atoms with Crippen molar-refractivity contribution >= 4 is 17.6 Å². The van der Waals surface area contributed by atoms with Gasteiger partial charge in [0, 0.05) is 26.3 Å². The van der Waals surface area contributed by atoms with Gasteiger partial charge in [-0.15, -0.1) is 0 Å². The van der Waals surface area contributed by atoms with Crippen LogP contribution < -0.4 is 4.90 Å². The van der Waals surface area contributed by atoms with E-state index in [9.17, 15) is 0 Å². The van der Waals surface area contributed by atoms with E-state index in [1.807, 2.05) is 13.3 Å². The fraction of sp³-hybridized carbons (Fsp3) is 0.583. The maximum atomic E-state index is 9.14. The average molecular weight is 264 g/mol. The first-order valence-corrected chi connectivity index (χ1v) is 7.10. The van der Waals surface area contributed by atoms with Crippen LogP contribution in [-0.4, -0.2) is 42.5 Å². The quantitative estimate of drug-likeness (QED) is 0.611. The van der Waals surface area contributed by atoms with Crippen molar-refractivity contribution in [1.82, 2.24) is 9.97 Å². The molecule has 0 N–H and O–H groups in total. The number of ether oxygens (including phenoxy) is 1. The minimum atomic E-state index is 0.385. The van der Waals surface area contributed by atoms with E-state index in [0.29, 0.717) is 16.8 Å². The Kier molecular flexibility index (Phi) is 4.39. The molecule has 96 valence electrons. The molecule has 6 heteroatoms. The summed E-state index contributed by atoms with van der Waals surface area (Å²) >= 11 is 1.48. The van der Waals surface area contributed by atoms with Gasteiger partial charge >= 0.3 is 0 Å². The molecule has 1 aliphatic heterocycles. The van der Waals surface area contributed by atoms with Crippen LogP contribution in [-0.2, 0) is 4.74 Å². The molecule has 0 bridgehead atoms. The van der Waals surface area contributed by atoms with Crippen LogP contribution in [0.3, 0.4) is 0 Å². The molecule has 1 aliphatic rings. The minimum absolute atomic E-state index is 0.385. The van der Waals surface area contributed by atoms with Gasteiger partial charge in [-0.05, 0) is 19.1 Å². The second-order valence-corrected chi connectivity index (χ2v) is 4.93. The Bertz CT molecular complexity index is 454. The Morgan fingerprint density at radius 1 is 1.50 bits per heavy atom. The molecule has 0 atom stereocenters. The van der Waals surface area contributed by atoms with Gasteiger partial charge in [-0.1, -0.05) is 11.8 Å². The fourth-order valence-electron chi connectivity index (χ4n) is 2.05. The van der Waals surface area contributed by atoms with Crippen LogP contribution in [0.1, 0.15) is 18.4 Å². The normalized spacial score (nSPS) is 16.3. The molecule has 1 saturated heterocycles. The molecule has 1 aromatic rings. The summed E-state index contributed by atoms with van der Waals surface area (Å²) in [5, 5.41) is 9.84. The second-order valence-electron chi connectivity index (χ2n) is 4.16. The van der Waals surface area contributed by atoms with E-state index in [2.05, 4.69) is 20.9 Å². The Balaban J connectivity index is 2.27. The summed E-state index contributed by atoms with van der Waals surface area (Å²) in [6.07, 6.45) is 5.48. The predicted molar refractivity (Wildman–Crippen MR) is 70.8 cm³/mol. The summed E-state index contributed by atoms with van der Waals surface area (Å²) in [6, 6.07) is 2.54. The summed E-state index contributed by atoms with van der Waals surface area (Å²) in [7, 11) is 1.99. The van der Waals surface area contributed by atoms with Gasteiger partial charge in [0.25, 0.3) is 0 Å². The van der Waals surface area contributed by atoms with E-state index in [1.165, 1.54) is 11.8 Å². The standard InChI is InChI=1S/C12H16N4OS/c1-16(10-3-5-17-6-4-10)11-9(7-13)8-14-12(15-11)18-2/h8,10H,3-6H2,1-2H3. The molecule has 0 spiro atoms. The zero-order chi connectivity index (χ0) is 13.0. The first-order chi connectivity index (χ1) is 8.76. The number of hydrogen-bond donors (Lipinski definition) is 0. The second kappa shape index (κ2) is 6.03. The lowest BCUT2D eigenvalue weighted by Crippen LogP contribution is -2.37. The molecular formula is C12H16N4OS. The number of anilines is 1. The van der Waals surface area contributed by atoms with Crippen molar-refractivity contribution in [2.45, 2.75) is 24.0 Å². The van der Waals surface area contributed by atoms with Gasteiger partial charge in [-0.2, -0.15) is 5.26 Å². The zero-order valence-corrected chi connectivity index (χ0v) is 11.4. The summed E-state index contributed by atoms with van der Waals surface area (Å²) in [6.45, 7) is 1.55. The van der Waals surface area contributed by atoms with Gasteiger partial charge in [0.1, 0.15) is 11.6 Å². The zero-order valence-electron chi connectivity index (χ0n) is 10.6. The van der Waals surface area contributed by atoms with Crippen LogP contribution in [0.25, 0.3) is 0 Å². The first kappa shape index (κ1) is 13.1. The topological polar surface area (TPSA) is 62.0 Å². The lowest BCUT2D eigenvalue weighted by Gasteiger charge is -2.32. The van der Waals surface area contributed by atoms with Crippen LogP contribution in [0.5, 0.6) is 0 Å². The van der Waals surface area contributed by atoms with E-state index in [0.717, 1.165) is 31.9 Å². The Labute approximate surface area is 111 Å². The highest BCUT2D eigenvalue weighted by Gasteiger charge is 2.22. The van der Waals surface area contributed by atoms with Crippen molar-refractivity contribution in [3.8, 4) is 6.07 Å². The lowest BCUT2D eigenvalue weighted by atomic mass is 10.1. The Morgan fingerprint density at radius 3 is 2.83 bits per heavy atom. The molecule has 5 nitrogen and oxygen atoms in total. The molecule has 1 fully saturated rings. The molecular weight excluding hydrogens is 248 g/mol. The molecule has 2 heterocycles. The van der Waals surface area contributed by atoms with Gasteiger partial charge in [0.2, 0.25) is 0 Å². The van der Waals surface area contributed by atoms with Crippen LogP contribution in [0.4, 0.5) is 5.82 Å². The first-order valence-electron chi connectivity index (χ1n) is 5.88. The SMILES string of the molecule is CSc1ncc(C#N)c(N(C)C2CCOCC2)n1. The maximum absolute atomic E-state index is 9.14. The van der Waals surface area contributed by atoms with Gasteiger partial charge in [0.05, 0.1) is 6.20 Å². The summed E-state index contributed by atoms with van der Waals surface area (Å²) in [5.41, 5.74) is 0.529. The molecule has 0 unspecified atom stereocenters. The number of thioether (sulfide) groups is 1. The molecule has 18 heavy (non-hydrogen) atoms. The highest BCUT2D eigenvalue weighted by atomic mass is 32.2. The van der Waals surface area contributed by atoms with Crippen molar-refractivity contribution in [3.63, 3.8) is 0 Å². The molecule has 0 aliphatic carbocycles. The predicted octanol–water partition coefficient (Wildman–Crippen LogP) is 1.69. The third-order valence-electron chi connectivity index (χ3n) is 3.12. The van der Waals surface area contributed by atoms with Crippen molar-refractivity contribution < 1.29 is 4.74 Å². The summed E-state index contributed by atoms with van der Waals surface area (Å²) in [4.78, 5) is 10.7. The number of rotatable bonds is 3. The number of hydrogen-bond acceptors (Lipinski definition) is 6. The summed E-state index contributed by atoms with van der Waals surface area (Å²) < 4.78 is 5.36. The number of aromatic nitrogens is 2. The van der Waals surface area contributed by atoms with Crippen LogP contribution in [0, 0.1) is 11.3 Å². The lowest BCUT2D eigenvalue weighted by molar-refractivity contribution is 0.0853. The third-order valence-corrected chi connectivity index (χ3v) is 3.68. The van der Waals surface area contributed by atoms with Crippen LogP contribution in [0.2, 0.25) is 0 Å². The van der Waals surface area contributed by atoms with Crippen LogP contribution in [0.15, 0.2) is 11.4 Å². The van der Waals surface area contributed by atoms with Crippen molar-refractivity contribution in [2.75, 3.05) is 31.4 Å². The van der Waals surface area contributed by atoms with E-state index in [-0.39, 0.29) is 0 Å². The average Bonchev–Trinajstić information content (AvgIpc) is 2.46. The van der Waals surface area contributed by atoms with Gasteiger partial charge in [-0.3, -0.25) is 0 Å². The Morgan fingerprint density at radius 2 is 2.22 bits per heavy atom. The van der Waals surface area contributed by atoms with Gasteiger partial charge in [-0.25, -0.2) is 9.97 Å². The van der Waals surface area contributed by atoms with Gasteiger partial charge in [0.15, 0.2) is 11.0 Å². The van der Waals surface area contributed by atoms with E-state index in [4.69, 9.17) is 10.00 Å². The van der Waals surface area contributed by atoms with E-state index in [1.54, 1.807) is 6.20 Å². The molecule has 1 aromatic heterocycles. The smallest absolute Gasteiger partial charge is 0.189 e. The maximum Gasteiger partial charge on any atom is 0.189 e. The molecule has 2 rings (SSSR count). The molecule has 0 saturated carbocycles. The monoisotopic (exact) mass is 264 g/mol. The van der Waals surface area contributed by atoms with E-state index < -0.39 is 0 Å². The van der Waals surface area contributed by atoms with Crippen molar-refractivity contribution in [1.29, 1.82) is 5.26 Å². The van der Waals surface area contributed by atoms with E-state index >= 15 is 0 Å². The Hall–Kier alpha value is -1.32. The molecule has 0 amide bonds. The minimum Gasteiger partial charge on any atom is -0.381 e. The van der Waals surface area contributed by atoms with Crippen LogP contribution >= 0.6 is 11.8 Å². The third kappa shape index (κ3) is 2.74. The summed E-state index contributed by atoms with van der Waals surface area (Å²) in [5.74, 6) is 0.726.